The molecular weight excluding hydrogens is 322 g/mol. The van der Waals surface area contributed by atoms with Gasteiger partial charge in [0.05, 0.1) is 11.0 Å². The van der Waals surface area contributed by atoms with Gasteiger partial charge in [-0.2, -0.15) is 0 Å². The van der Waals surface area contributed by atoms with E-state index in [1.807, 2.05) is 23.1 Å². The van der Waals surface area contributed by atoms with E-state index in [2.05, 4.69) is 48.7 Å². The third-order valence-electron chi connectivity index (χ3n) is 5.28. The molecule has 0 N–H and O–H groups in total. The van der Waals surface area contributed by atoms with Crippen LogP contribution in [0, 0.1) is 0 Å². The number of para-hydroxylation sites is 3. The average molecular weight is 347 g/mol. The Morgan fingerprint density at radius 1 is 1.08 bits per heavy atom. The highest BCUT2D eigenvalue weighted by atomic mass is 16.2. The smallest absolute Gasteiger partial charge is 0.227 e. The van der Waals surface area contributed by atoms with Crippen molar-refractivity contribution in [2.45, 2.75) is 45.6 Å². The number of anilines is 1. The lowest BCUT2D eigenvalue weighted by Gasteiger charge is -2.20. The summed E-state index contributed by atoms with van der Waals surface area (Å²) < 4.78 is 2.31. The monoisotopic (exact) mass is 347 g/mol. The number of aromatic nitrogens is 2. The number of amides is 1. The van der Waals surface area contributed by atoms with Crippen molar-refractivity contribution in [1.82, 2.24) is 9.55 Å². The zero-order valence-corrected chi connectivity index (χ0v) is 15.5. The first-order valence-corrected chi connectivity index (χ1v) is 9.56. The third kappa shape index (κ3) is 2.79. The summed E-state index contributed by atoms with van der Waals surface area (Å²) in [7, 11) is 0. The van der Waals surface area contributed by atoms with E-state index in [0.717, 1.165) is 36.4 Å². The molecule has 4 heteroatoms. The van der Waals surface area contributed by atoms with Crippen LogP contribution in [0.4, 0.5) is 5.69 Å². The minimum absolute atomic E-state index is 0.145. The molecule has 0 bridgehead atoms. The largest absolute Gasteiger partial charge is 0.328 e. The molecule has 1 aliphatic rings. The molecule has 0 saturated carbocycles. The lowest BCUT2D eigenvalue weighted by Crippen LogP contribution is -2.25. The van der Waals surface area contributed by atoms with Crippen LogP contribution in [-0.4, -0.2) is 22.0 Å². The number of imidazole rings is 1. The van der Waals surface area contributed by atoms with Crippen molar-refractivity contribution >= 4 is 22.6 Å². The van der Waals surface area contributed by atoms with E-state index in [-0.39, 0.29) is 11.8 Å². The molecular formula is C22H25N3O. The van der Waals surface area contributed by atoms with Gasteiger partial charge in [-0.15, -0.1) is 0 Å². The Hall–Kier alpha value is -2.62. The van der Waals surface area contributed by atoms with Gasteiger partial charge in [-0.3, -0.25) is 4.79 Å². The molecule has 1 fully saturated rings. The van der Waals surface area contributed by atoms with Crippen LogP contribution in [0.2, 0.25) is 0 Å². The van der Waals surface area contributed by atoms with E-state index in [1.165, 1.54) is 11.1 Å². The van der Waals surface area contributed by atoms with Crippen LogP contribution in [-0.2, 0) is 17.8 Å². The number of carbonyl (C=O) groups excluding carboxylic acids is 1. The summed E-state index contributed by atoms with van der Waals surface area (Å²) in [6, 6.07) is 16.5. The molecule has 26 heavy (non-hydrogen) atoms. The normalized spacial score (nSPS) is 17.4. The first kappa shape index (κ1) is 16.8. The van der Waals surface area contributed by atoms with Crippen molar-refractivity contribution in [3.8, 4) is 0 Å². The zero-order valence-electron chi connectivity index (χ0n) is 15.5. The molecule has 134 valence electrons. The van der Waals surface area contributed by atoms with Crippen LogP contribution in [0.25, 0.3) is 11.0 Å². The van der Waals surface area contributed by atoms with Gasteiger partial charge in [0.15, 0.2) is 0 Å². The van der Waals surface area contributed by atoms with Crippen molar-refractivity contribution < 1.29 is 4.79 Å². The quantitative estimate of drug-likeness (QED) is 0.680. The van der Waals surface area contributed by atoms with E-state index in [4.69, 9.17) is 4.98 Å². The zero-order chi connectivity index (χ0) is 18.1. The molecule has 1 aliphatic heterocycles. The van der Waals surface area contributed by atoms with Crippen LogP contribution >= 0.6 is 0 Å². The second kappa shape index (κ2) is 6.94. The highest BCUT2D eigenvalue weighted by Gasteiger charge is 2.35. The molecule has 1 saturated heterocycles. The van der Waals surface area contributed by atoms with Gasteiger partial charge in [0.1, 0.15) is 5.82 Å². The fraction of sp³-hybridized carbons (Fsp3) is 0.364. The first-order valence-electron chi connectivity index (χ1n) is 9.56. The maximum atomic E-state index is 12.8. The predicted octanol–water partition coefficient (Wildman–Crippen LogP) is 4.53. The number of hydrogen-bond acceptors (Lipinski definition) is 2. The summed E-state index contributed by atoms with van der Waals surface area (Å²) in [5.41, 5.74) is 4.48. The lowest BCUT2D eigenvalue weighted by atomic mass is 10.1. The SMILES string of the molecule is CCCn1c(C2CC(=O)N(c3ccccc3CC)C2)nc2ccccc21. The van der Waals surface area contributed by atoms with Crippen molar-refractivity contribution in [2.75, 3.05) is 11.4 Å². The molecule has 4 rings (SSSR count). The summed E-state index contributed by atoms with van der Waals surface area (Å²) in [4.78, 5) is 19.7. The maximum Gasteiger partial charge on any atom is 0.227 e. The second-order valence-corrected chi connectivity index (χ2v) is 7.00. The highest BCUT2D eigenvalue weighted by molar-refractivity contribution is 5.97. The molecule has 2 heterocycles. The Balaban J connectivity index is 1.71. The van der Waals surface area contributed by atoms with Crippen molar-refractivity contribution in [1.29, 1.82) is 0 Å². The Morgan fingerprint density at radius 2 is 1.85 bits per heavy atom. The minimum Gasteiger partial charge on any atom is -0.328 e. The molecule has 1 amide bonds. The molecule has 0 radical (unpaired) electrons. The number of fused-ring (bicyclic) bond motifs is 1. The topological polar surface area (TPSA) is 38.1 Å². The van der Waals surface area contributed by atoms with E-state index < -0.39 is 0 Å². The van der Waals surface area contributed by atoms with E-state index in [0.29, 0.717) is 13.0 Å². The lowest BCUT2D eigenvalue weighted by molar-refractivity contribution is -0.117. The molecule has 2 aromatic carbocycles. The maximum absolute atomic E-state index is 12.8. The Kier molecular flexibility index (Phi) is 4.49. The van der Waals surface area contributed by atoms with Crippen molar-refractivity contribution in [3.05, 3.63) is 59.9 Å². The van der Waals surface area contributed by atoms with E-state index >= 15 is 0 Å². The number of benzene rings is 2. The van der Waals surface area contributed by atoms with Gasteiger partial charge in [0, 0.05) is 31.1 Å². The molecule has 1 atom stereocenters. The summed E-state index contributed by atoms with van der Waals surface area (Å²) in [6.45, 7) is 5.97. The van der Waals surface area contributed by atoms with Crippen LogP contribution < -0.4 is 4.90 Å². The van der Waals surface area contributed by atoms with Gasteiger partial charge in [-0.05, 0) is 36.6 Å². The van der Waals surface area contributed by atoms with Crippen LogP contribution in [0.1, 0.15) is 44.0 Å². The van der Waals surface area contributed by atoms with Crippen LogP contribution in [0.5, 0.6) is 0 Å². The molecule has 1 unspecified atom stereocenters. The van der Waals surface area contributed by atoms with Gasteiger partial charge >= 0.3 is 0 Å². The molecule has 3 aromatic rings. The van der Waals surface area contributed by atoms with Crippen LogP contribution in [0.3, 0.4) is 0 Å². The highest BCUT2D eigenvalue weighted by Crippen LogP contribution is 2.34. The third-order valence-corrected chi connectivity index (χ3v) is 5.28. The Bertz CT molecular complexity index is 943. The minimum atomic E-state index is 0.145. The first-order chi connectivity index (χ1) is 12.7. The van der Waals surface area contributed by atoms with Gasteiger partial charge in [0.2, 0.25) is 5.91 Å². The van der Waals surface area contributed by atoms with Gasteiger partial charge in [0.25, 0.3) is 0 Å². The summed E-state index contributed by atoms with van der Waals surface area (Å²) >= 11 is 0. The fourth-order valence-corrected chi connectivity index (χ4v) is 4.05. The van der Waals surface area contributed by atoms with Crippen molar-refractivity contribution in [3.63, 3.8) is 0 Å². The van der Waals surface area contributed by atoms with Gasteiger partial charge in [-0.1, -0.05) is 44.2 Å². The number of aryl methyl sites for hydroxylation is 2. The van der Waals surface area contributed by atoms with Gasteiger partial charge < -0.3 is 9.47 Å². The molecule has 4 nitrogen and oxygen atoms in total. The summed E-state index contributed by atoms with van der Waals surface area (Å²) in [6.07, 6.45) is 2.51. The number of nitrogens with zero attached hydrogens (tertiary/aromatic N) is 3. The summed E-state index contributed by atoms with van der Waals surface area (Å²) in [5.74, 6) is 1.40. The van der Waals surface area contributed by atoms with Crippen molar-refractivity contribution in [2.24, 2.45) is 0 Å². The van der Waals surface area contributed by atoms with Crippen LogP contribution in [0.15, 0.2) is 48.5 Å². The predicted molar refractivity (Wildman–Crippen MR) is 106 cm³/mol. The number of hydrogen-bond donors (Lipinski definition) is 0. The Labute approximate surface area is 154 Å². The van der Waals surface area contributed by atoms with Gasteiger partial charge in [-0.25, -0.2) is 4.98 Å². The number of carbonyl (C=O) groups is 1. The summed E-state index contributed by atoms with van der Waals surface area (Å²) in [5, 5.41) is 0. The van der Waals surface area contributed by atoms with E-state index in [9.17, 15) is 4.79 Å². The molecule has 1 aromatic heterocycles. The second-order valence-electron chi connectivity index (χ2n) is 7.00. The molecule has 0 spiro atoms. The fourth-order valence-electron chi connectivity index (χ4n) is 4.05. The van der Waals surface area contributed by atoms with E-state index in [1.54, 1.807) is 0 Å². The standard InChI is InChI=1S/C22H25N3O/c1-3-13-24-20-12-8-6-10-18(20)23-22(24)17-14-21(26)25(15-17)19-11-7-5-9-16(19)4-2/h5-12,17H,3-4,13-15H2,1-2H3. The average Bonchev–Trinajstić information content (AvgIpc) is 3.23. The number of rotatable bonds is 5. The molecule has 0 aliphatic carbocycles. The Morgan fingerprint density at radius 3 is 2.65 bits per heavy atom.